The number of anilines is 1. The maximum absolute atomic E-state index is 13.3. The highest BCUT2D eigenvalue weighted by atomic mass is 35.5. The highest BCUT2D eigenvalue weighted by Gasteiger charge is 2.06. The minimum Gasteiger partial charge on any atom is -0.354 e. The quantitative estimate of drug-likeness (QED) is 0.920. The van der Waals surface area contributed by atoms with Gasteiger partial charge < -0.3 is 5.32 Å². The van der Waals surface area contributed by atoms with Crippen LogP contribution in [0.5, 0.6) is 0 Å². The molecule has 2 aromatic rings. The number of hydrogen-bond acceptors (Lipinski definition) is 3. The summed E-state index contributed by atoms with van der Waals surface area (Å²) < 4.78 is 13.3. The Morgan fingerprint density at radius 2 is 2.00 bits per heavy atom. The Hall–Kier alpha value is -1.68. The molecule has 0 fully saturated rings. The molecule has 0 radical (unpaired) electrons. The van der Waals surface area contributed by atoms with Crippen molar-refractivity contribution in [1.82, 2.24) is 9.97 Å². The minimum atomic E-state index is -0.376. The SMILES string of the molecule is CCNc1nc(C)cc(-c2cc(F)cc(Cl)c2)n1. The Labute approximate surface area is 110 Å². The van der Waals surface area contributed by atoms with Crippen LogP contribution in [0.25, 0.3) is 11.3 Å². The summed E-state index contributed by atoms with van der Waals surface area (Å²) in [5.41, 5.74) is 2.11. The summed E-state index contributed by atoms with van der Waals surface area (Å²) in [6, 6.07) is 6.15. The van der Waals surface area contributed by atoms with E-state index in [-0.39, 0.29) is 5.82 Å². The fraction of sp³-hybridized carbons (Fsp3) is 0.231. The van der Waals surface area contributed by atoms with E-state index in [2.05, 4.69) is 15.3 Å². The van der Waals surface area contributed by atoms with Gasteiger partial charge in [-0.3, -0.25) is 0 Å². The van der Waals surface area contributed by atoms with Crippen LogP contribution in [0.4, 0.5) is 10.3 Å². The molecule has 1 heterocycles. The number of hydrogen-bond donors (Lipinski definition) is 1. The van der Waals surface area contributed by atoms with Gasteiger partial charge in [-0.1, -0.05) is 11.6 Å². The van der Waals surface area contributed by atoms with E-state index in [4.69, 9.17) is 11.6 Å². The van der Waals surface area contributed by atoms with E-state index in [1.54, 1.807) is 12.1 Å². The topological polar surface area (TPSA) is 37.8 Å². The highest BCUT2D eigenvalue weighted by Crippen LogP contribution is 2.24. The van der Waals surface area contributed by atoms with Gasteiger partial charge in [0.05, 0.1) is 5.69 Å². The lowest BCUT2D eigenvalue weighted by Crippen LogP contribution is -2.04. The van der Waals surface area contributed by atoms with Crippen LogP contribution in [-0.2, 0) is 0 Å². The number of halogens is 2. The Morgan fingerprint density at radius 1 is 1.22 bits per heavy atom. The van der Waals surface area contributed by atoms with Crippen LogP contribution in [0.15, 0.2) is 24.3 Å². The zero-order valence-electron chi connectivity index (χ0n) is 10.2. The van der Waals surface area contributed by atoms with E-state index in [0.717, 1.165) is 12.2 Å². The van der Waals surface area contributed by atoms with Gasteiger partial charge in [-0.15, -0.1) is 0 Å². The van der Waals surface area contributed by atoms with Gasteiger partial charge in [-0.05, 0) is 38.1 Å². The first-order chi connectivity index (χ1) is 8.58. The molecule has 0 atom stereocenters. The molecule has 0 aliphatic heterocycles. The third kappa shape index (κ3) is 2.96. The van der Waals surface area contributed by atoms with Crippen molar-refractivity contribution in [2.75, 3.05) is 11.9 Å². The van der Waals surface area contributed by atoms with Crippen molar-refractivity contribution in [3.63, 3.8) is 0 Å². The van der Waals surface area contributed by atoms with Crippen molar-refractivity contribution in [3.8, 4) is 11.3 Å². The summed E-state index contributed by atoms with van der Waals surface area (Å²) in [5.74, 6) is 0.159. The molecule has 1 aromatic carbocycles. The Kier molecular flexibility index (Phi) is 3.77. The standard InChI is InChI=1S/C13H13ClFN3/c1-3-16-13-17-8(2)4-12(18-13)9-5-10(14)7-11(15)6-9/h4-7H,3H2,1-2H3,(H,16,17,18). The predicted octanol–water partition coefficient (Wildman–Crippen LogP) is 3.68. The Balaban J connectivity index is 2.49. The number of nitrogens with zero attached hydrogens (tertiary/aromatic N) is 2. The molecule has 1 N–H and O–H groups in total. The second-order valence-electron chi connectivity index (χ2n) is 3.91. The largest absolute Gasteiger partial charge is 0.354 e. The van der Waals surface area contributed by atoms with Gasteiger partial charge >= 0.3 is 0 Å². The average molecular weight is 266 g/mol. The highest BCUT2D eigenvalue weighted by molar-refractivity contribution is 6.30. The predicted molar refractivity (Wildman–Crippen MR) is 71.3 cm³/mol. The minimum absolute atomic E-state index is 0.353. The molecule has 5 heteroatoms. The molecule has 0 aliphatic rings. The van der Waals surface area contributed by atoms with Crippen molar-refractivity contribution in [3.05, 3.63) is 40.8 Å². The van der Waals surface area contributed by atoms with Crippen LogP contribution >= 0.6 is 11.6 Å². The molecule has 0 spiro atoms. The number of rotatable bonds is 3. The molecule has 0 amide bonds. The third-order valence-electron chi connectivity index (χ3n) is 2.35. The first-order valence-corrected chi connectivity index (χ1v) is 6.02. The van der Waals surface area contributed by atoms with E-state index in [1.165, 1.54) is 12.1 Å². The fourth-order valence-electron chi connectivity index (χ4n) is 1.66. The molecule has 18 heavy (non-hydrogen) atoms. The summed E-state index contributed by atoms with van der Waals surface area (Å²) in [5, 5.41) is 3.39. The summed E-state index contributed by atoms with van der Waals surface area (Å²) in [6.07, 6.45) is 0. The maximum atomic E-state index is 13.3. The van der Waals surface area contributed by atoms with E-state index in [9.17, 15) is 4.39 Å². The van der Waals surface area contributed by atoms with Gasteiger partial charge in [-0.25, -0.2) is 14.4 Å². The van der Waals surface area contributed by atoms with Gasteiger partial charge in [0, 0.05) is 22.8 Å². The average Bonchev–Trinajstić information content (AvgIpc) is 2.27. The molecule has 94 valence electrons. The van der Waals surface area contributed by atoms with Crippen LogP contribution < -0.4 is 5.32 Å². The van der Waals surface area contributed by atoms with Gasteiger partial charge in [0.15, 0.2) is 0 Å². The van der Waals surface area contributed by atoms with Crippen LogP contribution in [0.3, 0.4) is 0 Å². The van der Waals surface area contributed by atoms with Crippen molar-refractivity contribution in [2.24, 2.45) is 0 Å². The molecule has 0 saturated carbocycles. The van der Waals surface area contributed by atoms with Gasteiger partial charge in [0.25, 0.3) is 0 Å². The molecular weight excluding hydrogens is 253 g/mol. The Bertz CT molecular complexity index is 552. The van der Waals surface area contributed by atoms with E-state index in [1.807, 2.05) is 13.8 Å². The van der Waals surface area contributed by atoms with E-state index < -0.39 is 0 Å². The maximum Gasteiger partial charge on any atom is 0.223 e. The van der Waals surface area contributed by atoms with E-state index >= 15 is 0 Å². The molecule has 3 nitrogen and oxygen atoms in total. The van der Waals surface area contributed by atoms with Crippen LogP contribution in [0, 0.1) is 12.7 Å². The molecule has 2 rings (SSSR count). The second-order valence-corrected chi connectivity index (χ2v) is 4.34. The van der Waals surface area contributed by atoms with Crippen LogP contribution in [0.2, 0.25) is 5.02 Å². The Morgan fingerprint density at radius 3 is 2.67 bits per heavy atom. The van der Waals surface area contributed by atoms with Gasteiger partial charge in [0.1, 0.15) is 5.82 Å². The van der Waals surface area contributed by atoms with Crippen molar-refractivity contribution in [1.29, 1.82) is 0 Å². The molecule has 0 bridgehead atoms. The van der Waals surface area contributed by atoms with Gasteiger partial charge in [0.2, 0.25) is 5.95 Å². The lowest BCUT2D eigenvalue weighted by molar-refractivity contribution is 0.628. The van der Waals surface area contributed by atoms with Crippen molar-refractivity contribution in [2.45, 2.75) is 13.8 Å². The molecule has 0 saturated heterocycles. The summed E-state index contributed by atoms with van der Waals surface area (Å²) in [6.45, 7) is 4.56. The van der Waals surface area contributed by atoms with Crippen molar-refractivity contribution >= 4 is 17.5 Å². The third-order valence-corrected chi connectivity index (χ3v) is 2.57. The molecular formula is C13H13ClFN3. The fourth-order valence-corrected chi connectivity index (χ4v) is 1.88. The first-order valence-electron chi connectivity index (χ1n) is 5.64. The summed E-state index contributed by atoms with van der Waals surface area (Å²) in [4.78, 5) is 8.57. The normalized spacial score (nSPS) is 10.4. The molecule has 0 aliphatic carbocycles. The number of aromatic nitrogens is 2. The second kappa shape index (κ2) is 5.31. The first kappa shape index (κ1) is 12.8. The summed E-state index contributed by atoms with van der Waals surface area (Å²) >= 11 is 5.84. The van der Waals surface area contributed by atoms with E-state index in [0.29, 0.717) is 22.2 Å². The molecule has 0 unspecified atom stereocenters. The molecule has 1 aromatic heterocycles. The number of nitrogens with one attached hydrogen (secondary N) is 1. The van der Waals surface area contributed by atoms with Gasteiger partial charge in [-0.2, -0.15) is 0 Å². The van der Waals surface area contributed by atoms with Crippen LogP contribution in [-0.4, -0.2) is 16.5 Å². The van der Waals surface area contributed by atoms with Crippen LogP contribution in [0.1, 0.15) is 12.6 Å². The number of aryl methyl sites for hydroxylation is 1. The zero-order valence-corrected chi connectivity index (χ0v) is 10.9. The lowest BCUT2D eigenvalue weighted by Gasteiger charge is -2.07. The lowest BCUT2D eigenvalue weighted by atomic mass is 10.1. The summed E-state index contributed by atoms with van der Waals surface area (Å²) in [7, 11) is 0. The smallest absolute Gasteiger partial charge is 0.223 e. The van der Waals surface area contributed by atoms with Crippen molar-refractivity contribution < 1.29 is 4.39 Å². The number of benzene rings is 1. The zero-order chi connectivity index (χ0) is 13.1. The monoisotopic (exact) mass is 265 g/mol.